The quantitative estimate of drug-likeness (QED) is 0.742. The number of amides is 1. The Morgan fingerprint density at radius 3 is 2.58 bits per heavy atom. The Hall–Kier alpha value is -1.96. The molecule has 0 aliphatic rings. The van der Waals surface area contributed by atoms with Crippen LogP contribution < -0.4 is 4.72 Å². The number of hydrogen-bond donors (Lipinski definition) is 1. The molecular formula is C18H20ClFN2O3S. The summed E-state index contributed by atoms with van der Waals surface area (Å²) in [6.07, 6.45) is -0.00710. The van der Waals surface area contributed by atoms with Crippen LogP contribution in [0.5, 0.6) is 0 Å². The number of carbonyl (C=O) groups excluding carboxylic acids is 1. The normalized spacial score (nSPS) is 11.3. The van der Waals surface area contributed by atoms with Crippen LogP contribution in [0.3, 0.4) is 0 Å². The zero-order chi connectivity index (χ0) is 19.2. The molecule has 140 valence electrons. The molecule has 1 N–H and O–H groups in total. The number of hydrogen-bond acceptors (Lipinski definition) is 3. The first-order valence-electron chi connectivity index (χ1n) is 8.10. The second-order valence-electron chi connectivity index (χ2n) is 5.62. The number of benzene rings is 2. The molecule has 1 amide bonds. The van der Waals surface area contributed by atoms with E-state index >= 15 is 0 Å². The Kier molecular flexibility index (Phi) is 7.14. The van der Waals surface area contributed by atoms with E-state index in [0.717, 1.165) is 0 Å². The van der Waals surface area contributed by atoms with Gasteiger partial charge in [0.15, 0.2) is 0 Å². The van der Waals surface area contributed by atoms with Crippen molar-refractivity contribution in [3.63, 3.8) is 0 Å². The van der Waals surface area contributed by atoms with Gasteiger partial charge in [-0.1, -0.05) is 35.9 Å². The van der Waals surface area contributed by atoms with Gasteiger partial charge in [0.05, 0.1) is 5.02 Å². The first-order chi connectivity index (χ1) is 12.3. The minimum atomic E-state index is -3.79. The largest absolute Gasteiger partial charge is 0.339 e. The van der Waals surface area contributed by atoms with Crippen molar-refractivity contribution in [2.45, 2.75) is 24.8 Å². The van der Waals surface area contributed by atoms with Crippen LogP contribution in [0.4, 0.5) is 4.39 Å². The van der Waals surface area contributed by atoms with Crippen molar-refractivity contribution in [2.75, 3.05) is 13.1 Å². The first-order valence-corrected chi connectivity index (χ1v) is 9.96. The Labute approximate surface area is 157 Å². The molecule has 26 heavy (non-hydrogen) atoms. The van der Waals surface area contributed by atoms with Crippen molar-refractivity contribution < 1.29 is 17.6 Å². The van der Waals surface area contributed by atoms with Gasteiger partial charge in [-0.05, 0) is 36.8 Å². The lowest BCUT2D eigenvalue weighted by Crippen LogP contribution is -2.34. The molecule has 2 aromatic carbocycles. The van der Waals surface area contributed by atoms with Crippen molar-refractivity contribution in [1.82, 2.24) is 9.62 Å². The van der Waals surface area contributed by atoms with E-state index in [0.29, 0.717) is 12.1 Å². The minimum Gasteiger partial charge on any atom is -0.339 e. The Morgan fingerprint density at radius 1 is 1.19 bits per heavy atom. The van der Waals surface area contributed by atoms with Gasteiger partial charge in [-0.25, -0.2) is 17.5 Å². The summed E-state index contributed by atoms with van der Waals surface area (Å²) in [6, 6.07) is 12.1. The summed E-state index contributed by atoms with van der Waals surface area (Å²) < 4.78 is 40.1. The van der Waals surface area contributed by atoms with Crippen LogP contribution in [-0.4, -0.2) is 32.3 Å². The summed E-state index contributed by atoms with van der Waals surface area (Å²) in [4.78, 5) is 13.8. The summed E-state index contributed by atoms with van der Waals surface area (Å²) in [5, 5.41) is 0.118. The van der Waals surface area contributed by atoms with Crippen LogP contribution in [0.1, 0.15) is 18.9 Å². The van der Waals surface area contributed by atoms with Gasteiger partial charge < -0.3 is 4.90 Å². The van der Waals surface area contributed by atoms with Gasteiger partial charge in [-0.15, -0.1) is 0 Å². The predicted octanol–water partition coefficient (Wildman–Crippen LogP) is 3.20. The highest BCUT2D eigenvalue weighted by Gasteiger charge is 2.18. The van der Waals surface area contributed by atoms with E-state index in [9.17, 15) is 17.6 Å². The molecule has 0 aliphatic heterocycles. The maximum absolute atomic E-state index is 13.3. The van der Waals surface area contributed by atoms with Gasteiger partial charge in [0, 0.05) is 26.1 Å². The van der Waals surface area contributed by atoms with Crippen LogP contribution >= 0.6 is 11.6 Å². The minimum absolute atomic E-state index is 0.00710. The highest BCUT2D eigenvalue weighted by atomic mass is 35.5. The van der Waals surface area contributed by atoms with Crippen molar-refractivity contribution in [1.29, 1.82) is 0 Å². The van der Waals surface area contributed by atoms with Gasteiger partial charge in [0.25, 0.3) is 0 Å². The van der Waals surface area contributed by atoms with Crippen LogP contribution in [0.25, 0.3) is 0 Å². The lowest BCUT2D eigenvalue weighted by Gasteiger charge is -2.21. The molecule has 0 saturated carbocycles. The monoisotopic (exact) mass is 398 g/mol. The summed E-state index contributed by atoms with van der Waals surface area (Å²) in [6.45, 7) is 2.47. The Bertz CT molecular complexity index is 874. The first kappa shape index (κ1) is 20.4. The van der Waals surface area contributed by atoms with Gasteiger partial charge in [0.2, 0.25) is 15.9 Å². The molecule has 0 unspecified atom stereocenters. The SMILES string of the molecule is CCN(Cc1cccc(F)c1)C(=O)CCNS(=O)(=O)c1ccccc1Cl. The van der Waals surface area contributed by atoms with E-state index in [1.165, 1.54) is 24.3 Å². The van der Waals surface area contributed by atoms with Crippen molar-refractivity contribution in [3.05, 3.63) is 64.9 Å². The number of rotatable bonds is 8. The fourth-order valence-electron chi connectivity index (χ4n) is 2.42. The third-order valence-electron chi connectivity index (χ3n) is 3.75. The molecule has 0 spiro atoms. The van der Waals surface area contributed by atoms with Gasteiger partial charge in [-0.2, -0.15) is 0 Å². The zero-order valence-corrected chi connectivity index (χ0v) is 15.9. The Balaban J connectivity index is 1.93. The molecule has 0 radical (unpaired) electrons. The molecular weight excluding hydrogens is 379 g/mol. The molecule has 0 atom stereocenters. The summed E-state index contributed by atoms with van der Waals surface area (Å²) in [7, 11) is -3.79. The fraction of sp³-hybridized carbons (Fsp3) is 0.278. The van der Waals surface area contributed by atoms with Crippen molar-refractivity contribution in [2.24, 2.45) is 0 Å². The maximum atomic E-state index is 13.3. The van der Waals surface area contributed by atoms with Gasteiger partial charge >= 0.3 is 0 Å². The van der Waals surface area contributed by atoms with Gasteiger partial charge in [-0.3, -0.25) is 4.79 Å². The zero-order valence-electron chi connectivity index (χ0n) is 14.3. The van der Waals surface area contributed by atoms with Crippen LogP contribution in [0.15, 0.2) is 53.4 Å². The van der Waals surface area contributed by atoms with Crippen molar-refractivity contribution in [3.8, 4) is 0 Å². The van der Waals surface area contributed by atoms with E-state index in [1.807, 2.05) is 6.92 Å². The van der Waals surface area contributed by atoms with E-state index in [1.54, 1.807) is 29.2 Å². The molecule has 2 rings (SSSR count). The molecule has 5 nitrogen and oxygen atoms in total. The summed E-state index contributed by atoms with van der Waals surface area (Å²) in [5.41, 5.74) is 0.678. The van der Waals surface area contributed by atoms with E-state index in [2.05, 4.69) is 4.72 Å². The molecule has 0 heterocycles. The number of halogens is 2. The predicted molar refractivity (Wildman–Crippen MR) is 98.7 cm³/mol. The molecule has 0 aliphatic carbocycles. The topological polar surface area (TPSA) is 66.5 Å². The summed E-state index contributed by atoms with van der Waals surface area (Å²) >= 11 is 5.90. The molecule has 2 aromatic rings. The second kappa shape index (κ2) is 9.12. The van der Waals surface area contributed by atoms with E-state index < -0.39 is 10.0 Å². The maximum Gasteiger partial charge on any atom is 0.242 e. The highest BCUT2D eigenvalue weighted by molar-refractivity contribution is 7.89. The van der Waals surface area contributed by atoms with Gasteiger partial charge in [0.1, 0.15) is 10.7 Å². The molecule has 0 aromatic heterocycles. The smallest absolute Gasteiger partial charge is 0.242 e. The molecule has 0 saturated heterocycles. The van der Waals surface area contributed by atoms with Crippen LogP contribution in [0.2, 0.25) is 5.02 Å². The third-order valence-corrected chi connectivity index (χ3v) is 5.71. The van der Waals surface area contributed by atoms with E-state index in [4.69, 9.17) is 11.6 Å². The number of carbonyl (C=O) groups is 1. The highest BCUT2D eigenvalue weighted by Crippen LogP contribution is 2.20. The van der Waals surface area contributed by atoms with Crippen LogP contribution in [0, 0.1) is 5.82 Å². The average Bonchev–Trinajstić information content (AvgIpc) is 2.59. The van der Waals surface area contributed by atoms with Crippen LogP contribution in [-0.2, 0) is 21.4 Å². The average molecular weight is 399 g/mol. The van der Waals surface area contributed by atoms with Crippen molar-refractivity contribution >= 4 is 27.5 Å². The molecule has 0 fully saturated rings. The fourth-order valence-corrected chi connectivity index (χ4v) is 3.97. The lowest BCUT2D eigenvalue weighted by molar-refractivity contribution is -0.131. The number of nitrogens with zero attached hydrogens (tertiary/aromatic N) is 1. The number of nitrogens with one attached hydrogen (secondary N) is 1. The lowest BCUT2D eigenvalue weighted by atomic mass is 10.2. The third kappa shape index (κ3) is 5.52. The standard InChI is InChI=1S/C18H20ClFN2O3S/c1-2-22(13-14-6-5-7-15(20)12-14)18(23)10-11-21-26(24,25)17-9-4-3-8-16(17)19/h3-9,12,21H,2,10-11,13H2,1H3. The second-order valence-corrected chi connectivity index (χ2v) is 7.76. The molecule has 8 heteroatoms. The van der Waals surface area contributed by atoms with E-state index in [-0.39, 0.29) is 41.2 Å². The molecule has 0 bridgehead atoms. The Morgan fingerprint density at radius 2 is 1.92 bits per heavy atom. The number of sulfonamides is 1. The summed E-state index contributed by atoms with van der Waals surface area (Å²) in [5.74, 6) is -0.586.